The molecule has 0 spiro atoms. The lowest BCUT2D eigenvalue weighted by Gasteiger charge is -2.35. The summed E-state index contributed by atoms with van der Waals surface area (Å²) >= 11 is 0. The molecule has 14 heavy (non-hydrogen) atoms. The van der Waals surface area contributed by atoms with Crippen LogP contribution < -0.4 is 5.32 Å². The van der Waals surface area contributed by atoms with E-state index in [1.807, 2.05) is 0 Å². The van der Waals surface area contributed by atoms with Gasteiger partial charge in [-0.15, -0.1) is 0 Å². The van der Waals surface area contributed by atoms with Crippen LogP contribution in [-0.4, -0.2) is 25.8 Å². The molecule has 2 heteroatoms. The quantitative estimate of drug-likeness (QED) is 0.751. The molecule has 1 aliphatic rings. The third-order valence-electron chi connectivity index (χ3n) is 3.28. The summed E-state index contributed by atoms with van der Waals surface area (Å²) in [6.45, 7) is 7.77. The van der Waals surface area contributed by atoms with E-state index in [0.717, 1.165) is 6.61 Å². The lowest BCUT2D eigenvalue weighted by molar-refractivity contribution is 0.147. The van der Waals surface area contributed by atoms with Gasteiger partial charge < -0.3 is 10.1 Å². The van der Waals surface area contributed by atoms with Gasteiger partial charge in [0, 0.05) is 19.2 Å². The van der Waals surface area contributed by atoms with Crippen LogP contribution in [0.3, 0.4) is 0 Å². The second-order valence-corrected chi connectivity index (χ2v) is 5.46. The van der Waals surface area contributed by atoms with Gasteiger partial charge in [0.15, 0.2) is 0 Å². The molecular formula is C12H25NO. The van der Waals surface area contributed by atoms with Crippen LogP contribution in [0.2, 0.25) is 0 Å². The number of hydrogen-bond donors (Lipinski definition) is 1. The van der Waals surface area contributed by atoms with Gasteiger partial charge in [-0.2, -0.15) is 0 Å². The zero-order chi connectivity index (χ0) is 10.6. The molecule has 0 bridgehead atoms. The monoisotopic (exact) mass is 199 g/mol. The van der Waals surface area contributed by atoms with Crippen LogP contribution in [0, 0.1) is 5.41 Å². The van der Waals surface area contributed by atoms with Crippen molar-refractivity contribution >= 4 is 0 Å². The third-order valence-corrected chi connectivity index (χ3v) is 3.28. The molecule has 1 aliphatic carbocycles. The first-order chi connectivity index (χ1) is 6.53. The Morgan fingerprint density at radius 3 is 2.43 bits per heavy atom. The summed E-state index contributed by atoms with van der Waals surface area (Å²) in [5.74, 6) is 0. The molecule has 1 unspecified atom stereocenters. The third kappa shape index (κ3) is 3.97. The summed E-state index contributed by atoms with van der Waals surface area (Å²) in [6, 6.07) is 1.21. The molecule has 1 rings (SSSR count). The summed E-state index contributed by atoms with van der Waals surface area (Å²) in [4.78, 5) is 0. The van der Waals surface area contributed by atoms with E-state index in [2.05, 4.69) is 26.1 Å². The van der Waals surface area contributed by atoms with Crippen molar-refractivity contribution < 1.29 is 4.74 Å². The Hall–Kier alpha value is -0.0800. The van der Waals surface area contributed by atoms with Crippen molar-refractivity contribution in [1.82, 2.24) is 5.32 Å². The molecule has 0 aromatic rings. The first-order valence-electron chi connectivity index (χ1n) is 5.78. The van der Waals surface area contributed by atoms with Gasteiger partial charge in [0.2, 0.25) is 0 Å². The first-order valence-corrected chi connectivity index (χ1v) is 5.78. The molecule has 0 saturated heterocycles. The van der Waals surface area contributed by atoms with Gasteiger partial charge in [-0.05, 0) is 38.0 Å². The van der Waals surface area contributed by atoms with Crippen LogP contribution in [0.4, 0.5) is 0 Å². The van der Waals surface area contributed by atoms with Crippen LogP contribution >= 0.6 is 0 Å². The molecule has 2 nitrogen and oxygen atoms in total. The number of methoxy groups -OCH3 is 1. The average Bonchev–Trinajstić information content (AvgIpc) is 2.09. The Morgan fingerprint density at radius 2 is 1.93 bits per heavy atom. The molecule has 0 aromatic carbocycles. The Balaban J connectivity index is 2.22. The van der Waals surface area contributed by atoms with Crippen LogP contribution in [0.15, 0.2) is 0 Å². The first kappa shape index (κ1) is 12.0. The van der Waals surface area contributed by atoms with E-state index in [0.29, 0.717) is 17.5 Å². The Kier molecular flexibility index (Phi) is 4.39. The minimum Gasteiger partial charge on any atom is -0.383 e. The molecule has 0 aliphatic heterocycles. The SMILES string of the molecule is COCC(C)NC1CCC(C)(C)CC1. The summed E-state index contributed by atoms with van der Waals surface area (Å²) < 4.78 is 5.12. The number of hydrogen-bond acceptors (Lipinski definition) is 2. The van der Waals surface area contributed by atoms with E-state index in [9.17, 15) is 0 Å². The van der Waals surface area contributed by atoms with E-state index in [1.165, 1.54) is 25.7 Å². The molecule has 1 N–H and O–H groups in total. The van der Waals surface area contributed by atoms with Crippen molar-refractivity contribution in [3.05, 3.63) is 0 Å². The van der Waals surface area contributed by atoms with Gasteiger partial charge >= 0.3 is 0 Å². The second kappa shape index (κ2) is 5.13. The van der Waals surface area contributed by atoms with E-state index >= 15 is 0 Å². The highest BCUT2D eigenvalue weighted by Gasteiger charge is 2.27. The van der Waals surface area contributed by atoms with Crippen LogP contribution in [0.1, 0.15) is 46.5 Å². The standard InChI is InChI=1S/C12H25NO/c1-10(9-14-4)13-11-5-7-12(2,3)8-6-11/h10-11,13H,5-9H2,1-4H3. The smallest absolute Gasteiger partial charge is 0.0613 e. The van der Waals surface area contributed by atoms with Crippen molar-refractivity contribution in [2.75, 3.05) is 13.7 Å². The van der Waals surface area contributed by atoms with Crippen LogP contribution in [0.25, 0.3) is 0 Å². The molecule has 84 valence electrons. The van der Waals surface area contributed by atoms with Crippen molar-refractivity contribution in [1.29, 1.82) is 0 Å². The topological polar surface area (TPSA) is 21.3 Å². The molecule has 1 atom stereocenters. The van der Waals surface area contributed by atoms with Gasteiger partial charge in [-0.1, -0.05) is 13.8 Å². The maximum atomic E-state index is 5.12. The summed E-state index contributed by atoms with van der Waals surface area (Å²) in [7, 11) is 1.77. The van der Waals surface area contributed by atoms with Crippen LogP contribution in [-0.2, 0) is 4.74 Å². The molecule has 1 fully saturated rings. The maximum absolute atomic E-state index is 5.12. The fourth-order valence-electron chi connectivity index (χ4n) is 2.27. The minimum atomic E-state index is 0.492. The molecule has 0 radical (unpaired) electrons. The molecule has 1 saturated carbocycles. The predicted octanol–water partition coefficient (Wildman–Crippen LogP) is 2.58. The van der Waals surface area contributed by atoms with E-state index in [-0.39, 0.29) is 0 Å². The largest absolute Gasteiger partial charge is 0.383 e. The Labute approximate surface area is 88.4 Å². The summed E-state index contributed by atoms with van der Waals surface area (Å²) in [5, 5.41) is 3.63. The summed E-state index contributed by atoms with van der Waals surface area (Å²) in [6.07, 6.45) is 5.34. The molecule has 0 amide bonds. The van der Waals surface area contributed by atoms with Gasteiger partial charge in [0.05, 0.1) is 6.61 Å². The second-order valence-electron chi connectivity index (χ2n) is 5.46. The van der Waals surface area contributed by atoms with Crippen molar-refractivity contribution in [2.24, 2.45) is 5.41 Å². The predicted molar refractivity (Wildman–Crippen MR) is 60.5 cm³/mol. The minimum absolute atomic E-state index is 0.492. The van der Waals surface area contributed by atoms with E-state index < -0.39 is 0 Å². The Bertz CT molecular complexity index is 158. The zero-order valence-electron chi connectivity index (χ0n) is 10.1. The fourth-order valence-corrected chi connectivity index (χ4v) is 2.27. The van der Waals surface area contributed by atoms with Crippen LogP contribution in [0.5, 0.6) is 0 Å². The van der Waals surface area contributed by atoms with Gasteiger partial charge in [-0.25, -0.2) is 0 Å². The summed E-state index contributed by atoms with van der Waals surface area (Å²) in [5.41, 5.74) is 0.572. The number of rotatable bonds is 4. The molecule has 0 heterocycles. The van der Waals surface area contributed by atoms with Crippen molar-refractivity contribution in [2.45, 2.75) is 58.5 Å². The van der Waals surface area contributed by atoms with Gasteiger partial charge in [0.25, 0.3) is 0 Å². The van der Waals surface area contributed by atoms with Gasteiger partial charge in [-0.3, -0.25) is 0 Å². The van der Waals surface area contributed by atoms with Gasteiger partial charge in [0.1, 0.15) is 0 Å². The van der Waals surface area contributed by atoms with Crippen molar-refractivity contribution in [3.8, 4) is 0 Å². The lowest BCUT2D eigenvalue weighted by Crippen LogP contribution is -2.42. The fraction of sp³-hybridized carbons (Fsp3) is 1.00. The Morgan fingerprint density at radius 1 is 1.36 bits per heavy atom. The molecule has 0 aromatic heterocycles. The highest BCUT2D eigenvalue weighted by Crippen LogP contribution is 2.35. The van der Waals surface area contributed by atoms with Crippen molar-refractivity contribution in [3.63, 3.8) is 0 Å². The highest BCUT2D eigenvalue weighted by molar-refractivity contribution is 4.83. The number of nitrogens with one attached hydrogen (secondary N) is 1. The van der Waals surface area contributed by atoms with E-state index in [1.54, 1.807) is 7.11 Å². The van der Waals surface area contributed by atoms with E-state index in [4.69, 9.17) is 4.74 Å². The normalized spacial score (nSPS) is 24.9. The zero-order valence-corrected chi connectivity index (χ0v) is 10.1. The maximum Gasteiger partial charge on any atom is 0.0613 e. The molecular weight excluding hydrogens is 174 g/mol. The highest BCUT2D eigenvalue weighted by atomic mass is 16.5. The average molecular weight is 199 g/mol. The lowest BCUT2D eigenvalue weighted by atomic mass is 9.75. The number of ether oxygens (including phenoxy) is 1.